The summed E-state index contributed by atoms with van der Waals surface area (Å²) in [4.78, 5) is 0. The van der Waals surface area contributed by atoms with E-state index in [0.29, 0.717) is 16.5 Å². The maximum Gasteiger partial charge on any atom is 0.141 e. The third-order valence-electron chi connectivity index (χ3n) is 2.99. The number of anilines is 1. The van der Waals surface area contributed by atoms with Crippen molar-refractivity contribution in [2.45, 2.75) is 0 Å². The van der Waals surface area contributed by atoms with Gasteiger partial charge in [-0.15, -0.1) is 0 Å². The van der Waals surface area contributed by atoms with Crippen LogP contribution in [-0.4, -0.2) is 7.11 Å². The van der Waals surface area contributed by atoms with Crippen molar-refractivity contribution in [1.82, 2.24) is 0 Å². The highest BCUT2D eigenvalue weighted by Gasteiger charge is 2.08. The Balaban J connectivity index is 2.11. The molecule has 4 heteroatoms. The van der Waals surface area contributed by atoms with E-state index in [4.69, 9.17) is 26.5 Å². The molecule has 1 heterocycles. The monoisotopic (exact) mass is 273 g/mol. The highest BCUT2D eigenvalue weighted by atomic mass is 35.5. The Morgan fingerprint density at radius 2 is 1.95 bits per heavy atom. The molecule has 3 aromatic rings. The van der Waals surface area contributed by atoms with Gasteiger partial charge in [0.05, 0.1) is 12.8 Å². The van der Waals surface area contributed by atoms with Gasteiger partial charge in [-0.2, -0.15) is 0 Å². The summed E-state index contributed by atoms with van der Waals surface area (Å²) in [6, 6.07) is 13.0. The van der Waals surface area contributed by atoms with Crippen molar-refractivity contribution in [2.75, 3.05) is 12.8 Å². The minimum absolute atomic E-state index is 0.582. The van der Waals surface area contributed by atoms with E-state index < -0.39 is 0 Å². The molecule has 0 fully saturated rings. The molecule has 0 aliphatic rings. The topological polar surface area (TPSA) is 48.4 Å². The van der Waals surface area contributed by atoms with Gasteiger partial charge in [0, 0.05) is 16.0 Å². The number of hydrogen-bond donors (Lipinski definition) is 1. The molecule has 3 rings (SSSR count). The number of rotatable bonds is 2. The fraction of sp³-hybridized carbons (Fsp3) is 0.0667. The lowest BCUT2D eigenvalue weighted by atomic mass is 10.1. The van der Waals surface area contributed by atoms with Crippen molar-refractivity contribution in [3.05, 3.63) is 47.5 Å². The second-order valence-corrected chi connectivity index (χ2v) is 4.69. The standard InChI is InChI=1S/C15H12ClNO2/c1-18-14-4-2-9(7-12(14)17)15-8-10-6-11(16)3-5-13(10)19-15/h2-8H,17H2,1H3. The fourth-order valence-electron chi connectivity index (χ4n) is 2.04. The summed E-state index contributed by atoms with van der Waals surface area (Å²) in [5, 5.41) is 1.66. The van der Waals surface area contributed by atoms with Crippen LogP contribution in [0.15, 0.2) is 46.9 Å². The normalized spacial score (nSPS) is 10.8. The van der Waals surface area contributed by atoms with Gasteiger partial charge in [0.1, 0.15) is 17.1 Å². The van der Waals surface area contributed by atoms with Gasteiger partial charge in [0.25, 0.3) is 0 Å². The Morgan fingerprint density at radius 1 is 1.11 bits per heavy atom. The number of benzene rings is 2. The van der Waals surface area contributed by atoms with Crippen LogP contribution in [0.2, 0.25) is 5.02 Å². The van der Waals surface area contributed by atoms with Gasteiger partial charge in [-0.3, -0.25) is 0 Å². The summed E-state index contributed by atoms with van der Waals surface area (Å²) in [6.07, 6.45) is 0. The molecule has 0 saturated heterocycles. The molecule has 3 nitrogen and oxygen atoms in total. The second kappa shape index (κ2) is 4.52. The zero-order chi connectivity index (χ0) is 13.4. The number of nitrogen functional groups attached to an aromatic ring is 1. The van der Waals surface area contributed by atoms with Crippen LogP contribution in [0.25, 0.3) is 22.3 Å². The number of methoxy groups -OCH3 is 1. The lowest BCUT2D eigenvalue weighted by Gasteiger charge is -2.05. The van der Waals surface area contributed by atoms with Gasteiger partial charge in [-0.1, -0.05) is 11.6 Å². The average molecular weight is 274 g/mol. The van der Waals surface area contributed by atoms with E-state index >= 15 is 0 Å². The molecule has 0 aliphatic carbocycles. The second-order valence-electron chi connectivity index (χ2n) is 4.25. The predicted molar refractivity (Wildman–Crippen MR) is 77.6 cm³/mol. The molecule has 0 bridgehead atoms. The van der Waals surface area contributed by atoms with Crippen molar-refractivity contribution in [1.29, 1.82) is 0 Å². The SMILES string of the molecule is COc1ccc(-c2cc3cc(Cl)ccc3o2)cc1N. The molecule has 0 amide bonds. The maximum absolute atomic E-state index is 5.96. The van der Waals surface area contributed by atoms with Crippen LogP contribution >= 0.6 is 11.6 Å². The number of nitrogens with two attached hydrogens (primary N) is 1. The molecule has 0 unspecified atom stereocenters. The lowest BCUT2D eigenvalue weighted by molar-refractivity contribution is 0.417. The summed E-state index contributed by atoms with van der Waals surface area (Å²) in [6.45, 7) is 0. The number of halogens is 1. The van der Waals surface area contributed by atoms with Gasteiger partial charge < -0.3 is 14.9 Å². The van der Waals surface area contributed by atoms with Crippen molar-refractivity contribution >= 4 is 28.3 Å². The largest absolute Gasteiger partial charge is 0.495 e. The molecule has 0 spiro atoms. The molecular weight excluding hydrogens is 262 g/mol. The number of furan rings is 1. The average Bonchev–Trinajstić information content (AvgIpc) is 2.81. The minimum atomic E-state index is 0.582. The number of fused-ring (bicyclic) bond motifs is 1. The minimum Gasteiger partial charge on any atom is -0.495 e. The van der Waals surface area contributed by atoms with E-state index in [2.05, 4.69) is 0 Å². The number of hydrogen-bond acceptors (Lipinski definition) is 3. The Labute approximate surface area is 115 Å². The van der Waals surface area contributed by atoms with Gasteiger partial charge in [0.2, 0.25) is 0 Å². The van der Waals surface area contributed by atoms with Crippen molar-refractivity contribution in [3.8, 4) is 17.1 Å². The molecule has 1 aromatic heterocycles. The lowest BCUT2D eigenvalue weighted by Crippen LogP contribution is -1.92. The first-order chi connectivity index (χ1) is 9.17. The van der Waals surface area contributed by atoms with Crippen molar-refractivity contribution in [3.63, 3.8) is 0 Å². The molecule has 2 N–H and O–H groups in total. The first-order valence-corrected chi connectivity index (χ1v) is 6.18. The summed E-state index contributed by atoms with van der Waals surface area (Å²) >= 11 is 5.96. The first-order valence-electron chi connectivity index (χ1n) is 5.80. The predicted octanol–water partition coefficient (Wildman–Crippen LogP) is 4.34. The van der Waals surface area contributed by atoms with Gasteiger partial charge in [-0.25, -0.2) is 0 Å². The fourth-order valence-corrected chi connectivity index (χ4v) is 2.22. The van der Waals surface area contributed by atoms with E-state index in [1.807, 2.05) is 36.4 Å². The van der Waals surface area contributed by atoms with Crippen molar-refractivity contribution < 1.29 is 9.15 Å². The summed E-state index contributed by atoms with van der Waals surface area (Å²) in [7, 11) is 1.59. The summed E-state index contributed by atoms with van der Waals surface area (Å²) in [5.41, 5.74) is 8.19. The maximum atomic E-state index is 5.96. The van der Waals surface area contributed by atoms with Crippen LogP contribution in [0, 0.1) is 0 Å². The highest BCUT2D eigenvalue weighted by Crippen LogP contribution is 2.32. The summed E-state index contributed by atoms with van der Waals surface area (Å²) in [5.74, 6) is 1.41. The van der Waals surface area contributed by atoms with Crippen LogP contribution < -0.4 is 10.5 Å². The van der Waals surface area contributed by atoms with Crippen LogP contribution in [0.4, 0.5) is 5.69 Å². The molecule has 2 aromatic carbocycles. The van der Waals surface area contributed by atoms with Gasteiger partial charge in [-0.05, 0) is 42.5 Å². The molecule has 0 saturated carbocycles. The molecule has 0 aliphatic heterocycles. The van der Waals surface area contributed by atoms with Crippen LogP contribution in [0.5, 0.6) is 5.75 Å². The zero-order valence-electron chi connectivity index (χ0n) is 10.3. The van der Waals surface area contributed by atoms with E-state index in [-0.39, 0.29) is 0 Å². The quantitative estimate of drug-likeness (QED) is 0.707. The summed E-state index contributed by atoms with van der Waals surface area (Å²) < 4.78 is 10.9. The third kappa shape index (κ3) is 2.13. The van der Waals surface area contributed by atoms with Gasteiger partial charge in [0.15, 0.2) is 0 Å². The first kappa shape index (κ1) is 11.9. The molecule has 0 atom stereocenters. The van der Waals surface area contributed by atoms with Crippen LogP contribution in [-0.2, 0) is 0 Å². The Bertz CT molecular complexity index is 749. The van der Waals surface area contributed by atoms with Crippen molar-refractivity contribution in [2.24, 2.45) is 0 Å². The van der Waals surface area contributed by atoms with Crippen LogP contribution in [0.1, 0.15) is 0 Å². The smallest absolute Gasteiger partial charge is 0.141 e. The Hall–Kier alpha value is -2.13. The number of ether oxygens (including phenoxy) is 1. The third-order valence-corrected chi connectivity index (χ3v) is 3.23. The Kier molecular flexibility index (Phi) is 2.84. The van der Waals surface area contributed by atoms with E-state index in [1.54, 1.807) is 13.2 Å². The molecule has 19 heavy (non-hydrogen) atoms. The van der Waals surface area contributed by atoms with Crippen LogP contribution in [0.3, 0.4) is 0 Å². The van der Waals surface area contributed by atoms with Gasteiger partial charge >= 0.3 is 0 Å². The zero-order valence-corrected chi connectivity index (χ0v) is 11.1. The van der Waals surface area contributed by atoms with E-state index in [1.165, 1.54) is 0 Å². The molecular formula is C15H12ClNO2. The Morgan fingerprint density at radius 3 is 2.68 bits per heavy atom. The molecule has 96 valence electrons. The van der Waals surface area contributed by atoms with E-state index in [9.17, 15) is 0 Å². The highest BCUT2D eigenvalue weighted by molar-refractivity contribution is 6.31. The van der Waals surface area contributed by atoms with E-state index in [0.717, 1.165) is 22.3 Å². The molecule has 0 radical (unpaired) electrons.